The van der Waals surface area contributed by atoms with Gasteiger partial charge in [-0.15, -0.1) is 0 Å². The molecule has 0 saturated heterocycles. The van der Waals surface area contributed by atoms with Crippen LogP contribution in [0.3, 0.4) is 0 Å². The van der Waals surface area contributed by atoms with Crippen molar-refractivity contribution in [2.75, 3.05) is 19.7 Å². The molecule has 1 aromatic carbocycles. The van der Waals surface area contributed by atoms with Crippen molar-refractivity contribution >= 4 is 22.0 Å². The van der Waals surface area contributed by atoms with Gasteiger partial charge in [0.05, 0.1) is 11.5 Å². The molecule has 0 aliphatic heterocycles. The van der Waals surface area contributed by atoms with Gasteiger partial charge in [0, 0.05) is 32.5 Å². The molecule has 0 radical (unpaired) electrons. The number of ether oxygens (including phenoxy) is 2. The number of aliphatic hydroxyl groups excluding tert-OH is 1. The van der Waals surface area contributed by atoms with Crippen molar-refractivity contribution < 1.29 is 32.6 Å². The van der Waals surface area contributed by atoms with Gasteiger partial charge in [-0.05, 0) is 18.1 Å². The van der Waals surface area contributed by atoms with Crippen molar-refractivity contribution in [3.63, 3.8) is 0 Å². The number of sulfonamides is 1. The van der Waals surface area contributed by atoms with E-state index in [1.807, 2.05) is 13.8 Å². The predicted octanol–water partition coefficient (Wildman–Crippen LogP) is 1.45. The van der Waals surface area contributed by atoms with E-state index in [2.05, 4.69) is 0 Å². The van der Waals surface area contributed by atoms with Crippen LogP contribution in [0.4, 0.5) is 0 Å². The Morgan fingerprint density at radius 3 is 1.96 bits per heavy atom. The third-order valence-corrected chi connectivity index (χ3v) is 5.13. The molecule has 0 saturated carbocycles. The summed E-state index contributed by atoms with van der Waals surface area (Å²) in [4.78, 5) is 22.3. The molecule has 9 heteroatoms. The largest absolute Gasteiger partial charge is 0.421 e. The van der Waals surface area contributed by atoms with Gasteiger partial charge in [-0.25, -0.2) is 8.42 Å². The number of esters is 2. The van der Waals surface area contributed by atoms with Crippen molar-refractivity contribution in [1.82, 2.24) is 4.31 Å². The fourth-order valence-electron chi connectivity index (χ4n) is 2.24. The summed E-state index contributed by atoms with van der Waals surface area (Å²) in [5.74, 6) is -1.19. The first-order valence-electron chi connectivity index (χ1n) is 8.13. The SMILES string of the molecule is CC(=O)OC(OC(C)=O)c1ccc(S(=O)(=O)N(CCO)CC(C)C)cc1. The van der Waals surface area contributed by atoms with Crippen LogP contribution in [-0.2, 0) is 29.1 Å². The molecule has 1 aromatic rings. The van der Waals surface area contributed by atoms with Crippen molar-refractivity contribution in [3.8, 4) is 0 Å². The number of aliphatic hydroxyl groups is 1. The molecule has 0 heterocycles. The number of hydrogen-bond acceptors (Lipinski definition) is 7. The minimum Gasteiger partial charge on any atom is -0.421 e. The first kappa shape index (κ1) is 22.1. The topological polar surface area (TPSA) is 110 Å². The number of carbonyl (C=O) groups is 2. The number of hydrogen-bond donors (Lipinski definition) is 1. The van der Waals surface area contributed by atoms with Crippen LogP contribution in [-0.4, -0.2) is 49.5 Å². The van der Waals surface area contributed by atoms with Crippen molar-refractivity contribution in [2.24, 2.45) is 5.92 Å². The van der Waals surface area contributed by atoms with Gasteiger partial charge in [-0.2, -0.15) is 4.31 Å². The average Bonchev–Trinajstić information content (AvgIpc) is 2.52. The maximum Gasteiger partial charge on any atom is 0.305 e. The van der Waals surface area contributed by atoms with E-state index in [4.69, 9.17) is 14.6 Å². The van der Waals surface area contributed by atoms with Gasteiger partial charge in [0.2, 0.25) is 10.0 Å². The lowest BCUT2D eigenvalue weighted by atomic mass is 10.2. The second-order valence-electron chi connectivity index (χ2n) is 6.10. The molecule has 0 spiro atoms. The quantitative estimate of drug-likeness (QED) is 0.504. The van der Waals surface area contributed by atoms with E-state index >= 15 is 0 Å². The molecule has 0 aliphatic carbocycles. The van der Waals surface area contributed by atoms with E-state index in [-0.39, 0.29) is 30.5 Å². The summed E-state index contributed by atoms with van der Waals surface area (Å²) >= 11 is 0. The van der Waals surface area contributed by atoms with Gasteiger partial charge in [-0.3, -0.25) is 9.59 Å². The lowest BCUT2D eigenvalue weighted by Gasteiger charge is -2.23. The van der Waals surface area contributed by atoms with Gasteiger partial charge in [0.1, 0.15) is 0 Å². The molecule has 0 atom stereocenters. The van der Waals surface area contributed by atoms with Crippen LogP contribution in [0.2, 0.25) is 0 Å². The van der Waals surface area contributed by atoms with Gasteiger partial charge in [0.25, 0.3) is 6.29 Å². The van der Waals surface area contributed by atoms with Crippen LogP contribution in [0.25, 0.3) is 0 Å². The van der Waals surface area contributed by atoms with Gasteiger partial charge in [0.15, 0.2) is 0 Å². The van der Waals surface area contributed by atoms with E-state index in [1.54, 1.807) is 0 Å². The number of rotatable bonds is 9. The standard InChI is InChI=1S/C17H25NO7S/c1-12(2)11-18(9-10-19)26(22,23)16-7-5-15(6-8-16)17(24-13(3)20)25-14(4)21/h5-8,12,17,19H,9-11H2,1-4H3. The summed E-state index contributed by atoms with van der Waals surface area (Å²) in [6.07, 6.45) is -1.24. The summed E-state index contributed by atoms with van der Waals surface area (Å²) in [6.45, 7) is 6.09. The lowest BCUT2D eigenvalue weighted by Crippen LogP contribution is -2.36. The van der Waals surface area contributed by atoms with Crippen LogP contribution in [0.15, 0.2) is 29.2 Å². The van der Waals surface area contributed by atoms with Crippen LogP contribution in [0.5, 0.6) is 0 Å². The number of nitrogens with zero attached hydrogens (tertiary/aromatic N) is 1. The summed E-state index contributed by atoms with van der Waals surface area (Å²) < 4.78 is 36.6. The molecule has 0 unspecified atom stereocenters. The summed E-state index contributed by atoms with van der Waals surface area (Å²) in [5.41, 5.74) is 0.326. The Labute approximate surface area is 153 Å². The second kappa shape index (κ2) is 9.65. The van der Waals surface area contributed by atoms with Crippen LogP contribution in [0, 0.1) is 5.92 Å². The van der Waals surface area contributed by atoms with Crippen molar-refractivity contribution in [2.45, 2.75) is 38.9 Å². The maximum absolute atomic E-state index is 12.7. The highest BCUT2D eigenvalue weighted by Gasteiger charge is 2.26. The molecule has 0 aliphatic rings. The summed E-state index contributed by atoms with van der Waals surface area (Å²) in [7, 11) is -3.79. The zero-order valence-corrected chi connectivity index (χ0v) is 16.2. The number of benzene rings is 1. The first-order valence-corrected chi connectivity index (χ1v) is 9.57. The fraction of sp³-hybridized carbons (Fsp3) is 0.529. The van der Waals surface area contributed by atoms with E-state index in [0.29, 0.717) is 5.56 Å². The van der Waals surface area contributed by atoms with Gasteiger partial charge >= 0.3 is 11.9 Å². The normalized spacial score (nSPS) is 11.8. The highest BCUT2D eigenvalue weighted by atomic mass is 32.2. The minimum atomic E-state index is -3.79. The Morgan fingerprint density at radius 1 is 1.08 bits per heavy atom. The average molecular weight is 387 g/mol. The highest BCUT2D eigenvalue weighted by Crippen LogP contribution is 2.23. The van der Waals surface area contributed by atoms with Gasteiger partial charge < -0.3 is 14.6 Å². The van der Waals surface area contributed by atoms with E-state index in [1.165, 1.54) is 42.4 Å². The lowest BCUT2D eigenvalue weighted by molar-refractivity contribution is -0.186. The Bertz CT molecular complexity index is 697. The summed E-state index contributed by atoms with van der Waals surface area (Å²) in [6, 6.07) is 5.51. The Kier molecular flexibility index (Phi) is 8.19. The molecule has 8 nitrogen and oxygen atoms in total. The molecular formula is C17H25NO7S. The van der Waals surface area contributed by atoms with Crippen LogP contribution in [0.1, 0.15) is 39.5 Å². The van der Waals surface area contributed by atoms with E-state index < -0.39 is 28.3 Å². The Morgan fingerprint density at radius 2 is 1.58 bits per heavy atom. The molecular weight excluding hydrogens is 362 g/mol. The van der Waals surface area contributed by atoms with Gasteiger partial charge in [-0.1, -0.05) is 26.0 Å². The molecule has 0 bridgehead atoms. The number of carbonyl (C=O) groups excluding carboxylic acids is 2. The van der Waals surface area contributed by atoms with Crippen LogP contribution >= 0.6 is 0 Å². The maximum atomic E-state index is 12.7. The zero-order chi connectivity index (χ0) is 19.9. The Balaban J connectivity index is 3.12. The molecule has 1 rings (SSSR count). The molecule has 0 amide bonds. The third-order valence-electron chi connectivity index (χ3n) is 3.25. The molecule has 0 fully saturated rings. The monoisotopic (exact) mass is 387 g/mol. The molecule has 146 valence electrons. The van der Waals surface area contributed by atoms with Crippen molar-refractivity contribution in [1.29, 1.82) is 0 Å². The minimum absolute atomic E-state index is 0.00815. The summed E-state index contributed by atoms with van der Waals surface area (Å²) in [5, 5.41) is 9.14. The van der Waals surface area contributed by atoms with Crippen LogP contribution < -0.4 is 0 Å². The fourth-order valence-corrected chi connectivity index (χ4v) is 3.83. The smallest absolute Gasteiger partial charge is 0.305 e. The molecule has 26 heavy (non-hydrogen) atoms. The van der Waals surface area contributed by atoms with E-state index in [9.17, 15) is 18.0 Å². The second-order valence-corrected chi connectivity index (χ2v) is 8.04. The predicted molar refractivity (Wildman–Crippen MR) is 93.4 cm³/mol. The zero-order valence-electron chi connectivity index (χ0n) is 15.3. The highest BCUT2D eigenvalue weighted by molar-refractivity contribution is 7.89. The molecule has 0 aromatic heterocycles. The van der Waals surface area contributed by atoms with E-state index in [0.717, 1.165) is 0 Å². The third kappa shape index (κ3) is 6.40. The van der Waals surface area contributed by atoms with Crippen molar-refractivity contribution in [3.05, 3.63) is 29.8 Å². The molecule has 1 N–H and O–H groups in total. The Hall–Kier alpha value is -1.97. The first-order chi connectivity index (χ1) is 12.1.